The van der Waals surface area contributed by atoms with Crippen molar-refractivity contribution in [3.05, 3.63) is 121 Å². The van der Waals surface area contributed by atoms with E-state index in [1.807, 2.05) is 121 Å². The molecule has 4 aromatic carbocycles. The van der Waals surface area contributed by atoms with Crippen molar-refractivity contribution in [1.82, 2.24) is 0 Å². The Labute approximate surface area is 167 Å². The van der Waals surface area contributed by atoms with Crippen molar-refractivity contribution in [3.8, 4) is 0 Å². The van der Waals surface area contributed by atoms with Crippen molar-refractivity contribution in [1.29, 1.82) is 0 Å². The van der Waals surface area contributed by atoms with Gasteiger partial charge in [0.05, 0.1) is 0 Å². The summed E-state index contributed by atoms with van der Waals surface area (Å²) in [6.45, 7) is 0. The van der Waals surface area contributed by atoms with E-state index in [0.29, 0.717) is 0 Å². The minimum atomic E-state index is -3.54. The predicted molar refractivity (Wildman–Crippen MR) is 120 cm³/mol. The van der Waals surface area contributed by atoms with Crippen LogP contribution in [0.15, 0.2) is 121 Å². The molecule has 0 saturated carbocycles. The molecule has 0 spiro atoms. The minimum absolute atomic E-state index is 0.822. The molecule has 0 atom stereocenters. The summed E-state index contributed by atoms with van der Waals surface area (Å²) in [7, 11) is -7.09. The van der Waals surface area contributed by atoms with Gasteiger partial charge in [0.1, 0.15) is 0 Å². The first-order valence-electron chi connectivity index (χ1n) is 9.34. The summed E-state index contributed by atoms with van der Waals surface area (Å²) in [5.41, 5.74) is 0. The van der Waals surface area contributed by atoms with Crippen molar-refractivity contribution < 1.29 is 9.59 Å². The van der Waals surface area contributed by atoms with Crippen molar-refractivity contribution in [3.63, 3.8) is 0 Å². The second-order valence-electron chi connectivity index (χ2n) is 6.88. The van der Waals surface area contributed by atoms with Gasteiger partial charge in [0, 0.05) is 0 Å². The Bertz CT molecular complexity index is 857. The van der Waals surface area contributed by atoms with E-state index >= 15 is 0 Å². The largest absolute Gasteiger partial charge is 0.424 e. The molecule has 0 unspecified atom stereocenters. The molecule has 0 bridgehead atoms. The first-order valence-corrected chi connectivity index (χ1v) is 14.2. The van der Waals surface area contributed by atoms with Gasteiger partial charge in [-0.15, -0.1) is 0 Å². The normalized spacial score (nSPS) is 11.9. The molecule has 4 rings (SSSR count). The zero-order chi connectivity index (χ0) is 19.5. The molecule has 0 saturated heterocycles. The van der Waals surface area contributed by atoms with E-state index in [4.69, 9.17) is 0 Å². The van der Waals surface area contributed by atoms with Crippen LogP contribution >= 0.6 is 0 Å². The second-order valence-corrected chi connectivity index (χ2v) is 16.4. The van der Waals surface area contributed by atoms with E-state index < -0.39 is 15.7 Å². The fraction of sp³-hybridized carbons (Fsp3) is 0. The highest BCUT2D eigenvalue weighted by Gasteiger charge is 2.60. The molecular formula is C24H22O2Si2. The number of hydrogen-bond donors (Lipinski definition) is 2. The Morgan fingerprint density at radius 1 is 0.321 bits per heavy atom. The molecule has 0 fully saturated rings. The molecule has 138 valence electrons. The van der Waals surface area contributed by atoms with Gasteiger partial charge < -0.3 is 9.59 Å². The first kappa shape index (κ1) is 18.6. The van der Waals surface area contributed by atoms with Crippen LogP contribution in [0.1, 0.15) is 0 Å². The first-order chi connectivity index (χ1) is 13.7. The molecular weight excluding hydrogens is 376 g/mol. The molecule has 4 heteroatoms. The molecule has 4 aromatic rings. The third kappa shape index (κ3) is 2.97. The molecule has 0 heterocycles. The van der Waals surface area contributed by atoms with Gasteiger partial charge in [-0.25, -0.2) is 0 Å². The summed E-state index contributed by atoms with van der Waals surface area (Å²) < 4.78 is 0. The molecule has 0 aliphatic rings. The quantitative estimate of drug-likeness (QED) is 0.501. The average Bonchev–Trinajstić information content (AvgIpc) is 2.80. The monoisotopic (exact) mass is 398 g/mol. The van der Waals surface area contributed by atoms with Crippen LogP contribution in [0, 0.1) is 0 Å². The Morgan fingerprint density at radius 2 is 0.500 bits per heavy atom. The van der Waals surface area contributed by atoms with E-state index in [2.05, 4.69) is 0 Å². The zero-order valence-electron chi connectivity index (χ0n) is 15.4. The highest BCUT2D eigenvalue weighted by atomic mass is 29.3. The Morgan fingerprint density at radius 3 is 0.679 bits per heavy atom. The van der Waals surface area contributed by atoms with E-state index in [-0.39, 0.29) is 0 Å². The Balaban J connectivity index is 2.09. The van der Waals surface area contributed by atoms with Crippen LogP contribution in [0.2, 0.25) is 0 Å². The fourth-order valence-electron chi connectivity index (χ4n) is 3.89. The molecule has 0 aliphatic carbocycles. The summed E-state index contributed by atoms with van der Waals surface area (Å²) in [5.74, 6) is 0. The highest BCUT2D eigenvalue weighted by Crippen LogP contribution is 2.16. The molecule has 0 aromatic heterocycles. The summed E-state index contributed by atoms with van der Waals surface area (Å²) >= 11 is 0. The van der Waals surface area contributed by atoms with Crippen LogP contribution in [-0.2, 0) is 0 Å². The summed E-state index contributed by atoms with van der Waals surface area (Å²) in [6.07, 6.45) is 0. The lowest BCUT2D eigenvalue weighted by Gasteiger charge is -2.40. The fourth-order valence-corrected chi connectivity index (χ4v) is 15.9. The minimum Gasteiger partial charge on any atom is -0.424 e. The SMILES string of the molecule is O[Si](c1ccccc1)(c1ccccc1)[Si](O)(c1ccccc1)c1ccccc1. The third-order valence-electron chi connectivity index (χ3n) is 5.29. The van der Waals surface area contributed by atoms with E-state index in [1.54, 1.807) is 0 Å². The molecule has 2 nitrogen and oxygen atoms in total. The summed E-state index contributed by atoms with van der Waals surface area (Å²) in [4.78, 5) is 25.1. The van der Waals surface area contributed by atoms with Crippen molar-refractivity contribution in [2.45, 2.75) is 0 Å². The van der Waals surface area contributed by atoms with Gasteiger partial charge in [-0.2, -0.15) is 0 Å². The molecule has 0 aliphatic heterocycles. The number of hydrogen-bond acceptors (Lipinski definition) is 2. The topological polar surface area (TPSA) is 40.5 Å². The zero-order valence-corrected chi connectivity index (χ0v) is 17.4. The van der Waals surface area contributed by atoms with Gasteiger partial charge in [0.25, 0.3) is 15.7 Å². The maximum atomic E-state index is 12.5. The number of benzene rings is 4. The van der Waals surface area contributed by atoms with Gasteiger partial charge in [0.2, 0.25) is 0 Å². The van der Waals surface area contributed by atoms with Gasteiger partial charge in [0.15, 0.2) is 0 Å². The van der Waals surface area contributed by atoms with Gasteiger partial charge in [-0.3, -0.25) is 0 Å². The van der Waals surface area contributed by atoms with E-state index in [1.165, 1.54) is 0 Å². The lowest BCUT2D eigenvalue weighted by molar-refractivity contribution is 0.541. The van der Waals surface area contributed by atoms with Crippen molar-refractivity contribution in [2.75, 3.05) is 0 Å². The van der Waals surface area contributed by atoms with Gasteiger partial charge >= 0.3 is 0 Å². The van der Waals surface area contributed by atoms with Gasteiger partial charge in [-0.1, -0.05) is 121 Å². The third-order valence-corrected chi connectivity index (χ3v) is 17.6. The van der Waals surface area contributed by atoms with Gasteiger partial charge in [-0.05, 0) is 20.7 Å². The van der Waals surface area contributed by atoms with Crippen LogP contribution in [0.4, 0.5) is 0 Å². The Kier molecular flexibility index (Phi) is 5.11. The van der Waals surface area contributed by atoms with Crippen molar-refractivity contribution in [2.24, 2.45) is 0 Å². The maximum absolute atomic E-state index is 12.5. The Hall–Kier alpha value is -2.77. The van der Waals surface area contributed by atoms with Crippen LogP contribution in [0.3, 0.4) is 0 Å². The molecule has 28 heavy (non-hydrogen) atoms. The standard InChI is InChI=1S/C24H22O2Si2/c25-27(21-13-5-1-6-14-21,22-15-7-2-8-16-22)28(26,23-17-9-3-10-18-23)24-19-11-4-12-20-24/h1-20,25-26H. The molecule has 0 radical (unpaired) electrons. The lowest BCUT2D eigenvalue weighted by atomic mass is 10.4. The lowest BCUT2D eigenvalue weighted by Crippen LogP contribution is -2.86. The second kappa shape index (κ2) is 7.69. The van der Waals surface area contributed by atoms with Crippen LogP contribution in [-0.4, -0.2) is 25.3 Å². The number of rotatable bonds is 5. The predicted octanol–water partition coefficient (Wildman–Crippen LogP) is 1.57. The highest BCUT2D eigenvalue weighted by molar-refractivity contribution is 7.54. The average molecular weight is 399 g/mol. The smallest absolute Gasteiger partial charge is 0.280 e. The summed E-state index contributed by atoms with van der Waals surface area (Å²) in [6, 6.07) is 38.8. The van der Waals surface area contributed by atoms with Crippen LogP contribution in [0.25, 0.3) is 0 Å². The maximum Gasteiger partial charge on any atom is 0.280 e. The molecule has 0 amide bonds. The molecule has 2 N–H and O–H groups in total. The van der Waals surface area contributed by atoms with Crippen LogP contribution < -0.4 is 20.7 Å². The van der Waals surface area contributed by atoms with E-state index in [9.17, 15) is 9.59 Å². The summed E-state index contributed by atoms with van der Waals surface area (Å²) in [5, 5.41) is 3.29. The van der Waals surface area contributed by atoms with Crippen LogP contribution in [0.5, 0.6) is 0 Å². The van der Waals surface area contributed by atoms with Crippen molar-refractivity contribution >= 4 is 36.4 Å². The van der Waals surface area contributed by atoms with E-state index in [0.717, 1.165) is 20.7 Å².